The molecule has 0 aliphatic carbocycles. The van der Waals surface area contributed by atoms with E-state index in [9.17, 15) is 9.59 Å². The normalized spacial score (nSPS) is 13.5. The summed E-state index contributed by atoms with van der Waals surface area (Å²) < 4.78 is 64.6. The van der Waals surface area contributed by atoms with E-state index in [2.05, 4.69) is 310 Å². The monoisotopic (exact) mass is 2010 g/mol. The highest BCUT2D eigenvalue weighted by atomic mass is 79.9. The van der Waals surface area contributed by atoms with E-state index in [-0.39, 0.29) is 33.4 Å². The number of carbonyl (C=O) groups is 2. The predicted octanol–water partition coefficient (Wildman–Crippen LogP) is 26.4. The Hall–Kier alpha value is 1.85. The fourth-order valence-corrected chi connectivity index (χ4v) is 93.9. The summed E-state index contributed by atoms with van der Waals surface area (Å²) >= 11 is 3.53. The lowest BCUT2D eigenvalue weighted by atomic mass is 10.3. The molecule has 0 fully saturated rings. The van der Waals surface area contributed by atoms with E-state index in [0.29, 0.717) is 31.0 Å². The molecular formula is C84H208BrN3O14Si16. The molecule has 0 saturated carbocycles. The molecule has 0 radical (unpaired) electrons. The van der Waals surface area contributed by atoms with Gasteiger partial charge in [0.2, 0.25) is 0 Å². The fraction of sp³-hybridized carbons (Fsp3) is 0.917. The van der Waals surface area contributed by atoms with Crippen molar-refractivity contribution in [2.24, 2.45) is 0 Å². The van der Waals surface area contributed by atoms with Crippen LogP contribution in [0.15, 0.2) is 24.3 Å². The van der Waals surface area contributed by atoms with Gasteiger partial charge in [-0.1, -0.05) is 69.1 Å². The molecule has 17 nitrogen and oxygen atoms in total. The fourth-order valence-electron chi connectivity index (χ4n) is 14.5. The quantitative estimate of drug-likeness (QED) is 0.0112. The maximum atomic E-state index is 11.5. The number of quaternary nitrogens is 1. The first-order chi connectivity index (χ1) is 51.7. The van der Waals surface area contributed by atoms with Crippen LogP contribution < -0.4 is 0 Å². The number of likely N-dealkylation sites (N-methyl/N-ethyl adjacent to an activating group) is 3. The number of rotatable bonds is 59. The smallest absolute Gasteiger partial charge is 0.333 e. The summed E-state index contributed by atoms with van der Waals surface area (Å²) in [5, 5.41) is 18.1. The van der Waals surface area contributed by atoms with Gasteiger partial charge in [0.05, 0.1) is 27.2 Å². The van der Waals surface area contributed by atoms with Crippen molar-refractivity contribution >= 4 is 161 Å². The largest absolute Gasteiger partial charge is 0.461 e. The molecule has 0 unspecified atom stereocenters. The molecule has 0 aromatic heterocycles. The molecule has 0 spiro atoms. The van der Waals surface area contributed by atoms with Crippen molar-refractivity contribution < 1.29 is 66.7 Å². The van der Waals surface area contributed by atoms with Crippen molar-refractivity contribution in [3.63, 3.8) is 0 Å². The Morgan fingerprint density at radius 2 is 0.551 bits per heavy atom. The van der Waals surface area contributed by atoms with Gasteiger partial charge in [-0.25, -0.2) is 9.59 Å². The van der Waals surface area contributed by atoms with E-state index < -0.39 is 133 Å². The first-order valence-electron chi connectivity index (χ1n) is 44.9. The molecule has 2 N–H and O–H groups in total. The summed E-state index contributed by atoms with van der Waals surface area (Å²) in [5.41, 5.74) is 0.916. The highest BCUT2D eigenvalue weighted by Crippen LogP contribution is 2.34. The number of nitrogens with zero attached hydrogens (tertiary/aromatic N) is 3. The number of hydrogen-bond donors (Lipinski definition) is 2. The summed E-state index contributed by atoms with van der Waals surface area (Å²) in [6.45, 7) is 105. The lowest BCUT2D eigenvalue weighted by Crippen LogP contribution is -2.47. The lowest BCUT2D eigenvalue weighted by Gasteiger charge is -2.37. The highest BCUT2D eigenvalue weighted by molar-refractivity contribution is 9.09. The average molecular weight is 2010 g/mol. The Labute approximate surface area is 762 Å². The Morgan fingerprint density at radius 1 is 0.322 bits per heavy atom. The standard InChI is InChI=1S/C23H54NO4Si4.C22H51NO4Si4.C18H47NO3Si4.C15H39BrO2Si4.C4H10O.CH4.CH3/c1-22(2)23(25)26-18-17-24(3,4)16-14-15-19-30(8,9)28-32(12,13)21-20-31(10,11)27-29(5,6)7;1-21(2)22(24)25-17-16-23(3)15-13-14-18-29(7,8)27-31(11,12)20-19-30(9,10)26-28(4,5)6;1-19(14-15-20)13-11-12-16-24(5,6)22-26(9,10)18-17-25(7,8)21-23(2,3)4;1-19(2,3)17-21(6,7)14-15-22(8,9)18-20(4,5)13-11-10-12-16;1-2-3-4-5;;/h1,14-21H2,2-13H3;1,13-20H2,2-12H3;20H,11-18H2,1-10H3;10-15H2,1-9H3;5H,2-4H2,1H3;1H4;1H3/q+1;;;;;;-1. The summed E-state index contributed by atoms with van der Waals surface area (Å²) in [6.07, 6.45) is 11.8. The first kappa shape index (κ1) is 133. The van der Waals surface area contributed by atoms with Crippen molar-refractivity contribution in [2.45, 2.75) is 401 Å². The number of aliphatic hydroxyl groups is 2. The lowest BCUT2D eigenvalue weighted by molar-refractivity contribution is -0.890. The van der Waals surface area contributed by atoms with Gasteiger partial charge in [0.25, 0.3) is 0 Å². The molecular weight excluding hydrogens is 1800 g/mol. The molecule has 0 saturated heterocycles. The van der Waals surface area contributed by atoms with Gasteiger partial charge in [-0.2, -0.15) is 0 Å². The van der Waals surface area contributed by atoms with Crippen molar-refractivity contribution in [1.82, 2.24) is 9.80 Å². The van der Waals surface area contributed by atoms with E-state index in [1.54, 1.807) is 13.8 Å². The van der Waals surface area contributed by atoms with Crippen LogP contribution in [0.25, 0.3) is 0 Å². The average Bonchev–Trinajstić information content (AvgIpc) is 0.857. The van der Waals surface area contributed by atoms with E-state index in [1.165, 1.54) is 117 Å². The molecule has 0 bridgehead atoms. The van der Waals surface area contributed by atoms with Gasteiger partial charge >= 0.3 is 11.9 Å². The summed E-state index contributed by atoms with van der Waals surface area (Å²) in [7, 11) is -16.5. The second-order valence-corrected chi connectivity index (χ2v) is 118. The molecule has 0 atom stereocenters. The topological polar surface area (TPSA) is 173 Å². The van der Waals surface area contributed by atoms with Gasteiger partial charge < -0.3 is 74.3 Å². The molecule has 714 valence electrons. The molecule has 0 aromatic carbocycles. The summed E-state index contributed by atoms with van der Waals surface area (Å²) in [5.74, 6) is -0.594. The zero-order valence-electron chi connectivity index (χ0n) is 86.3. The Morgan fingerprint density at radius 3 is 0.771 bits per heavy atom. The van der Waals surface area contributed by atoms with Crippen LogP contribution in [0.3, 0.4) is 0 Å². The molecule has 118 heavy (non-hydrogen) atoms. The SMILES string of the molecule is C.C=C(C)C(=O)OCCN(C)CCCC[Si](C)(C)O[Si](C)(C)CC[Si](C)(C)O[Si](C)(C)C.C=C(C)C(=O)OCC[N+](C)(C)CCCC[Si](C)(C)O[Si](C)(C)CC[Si](C)(C)O[Si](C)(C)C.CCCCO.CN(CCO)CCCC[Si](C)(C)O[Si](C)(C)CC[Si](C)(C)O[Si](C)(C)C.C[Si](C)(C)O[Si](C)(C)CC[Si](C)(C)O[Si](C)(C)CCCCBr.[CH3-]. The molecule has 0 amide bonds. The van der Waals surface area contributed by atoms with Gasteiger partial charge in [-0.15, -0.1) is 0 Å². The molecule has 0 rings (SSSR count). The maximum Gasteiger partial charge on any atom is 0.333 e. The van der Waals surface area contributed by atoms with E-state index >= 15 is 0 Å². The molecule has 0 aromatic rings. The number of ether oxygens (including phenoxy) is 2. The third-order valence-electron chi connectivity index (χ3n) is 19.3. The number of unbranched alkanes of at least 4 members (excludes halogenated alkanes) is 5. The van der Waals surface area contributed by atoms with Crippen LogP contribution in [0.1, 0.15) is 92.4 Å². The van der Waals surface area contributed by atoms with Gasteiger partial charge in [-0.3, -0.25) is 0 Å². The van der Waals surface area contributed by atoms with Crippen LogP contribution in [0.4, 0.5) is 0 Å². The van der Waals surface area contributed by atoms with E-state index in [0.717, 1.165) is 68.3 Å². The number of carbonyl (C=O) groups excluding carboxylic acids is 2. The molecule has 0 heterocycles. The Bertz CT molecular complexity index is 2650. The Kier molecular flexibility index (Phi) is 68.4. The van der Waals surface area contributed by atoms with Gasteiger partial charge in [0.1, 0.15) is 19.8 Å². The number of alkyl halides is 1. The maximum absolute atomic E-state index is 11.5. The highest BCUT2D eigenvalue weighted by Gasteiger charge is 2.42. The van der Waals surface area contributed by atoms with Crippen molar-refractivity contribution in [3.8, 4) is 0 Å². The van der Waals surface area contributed by atoms with Crippen molar-refractivity contribution in [2.75, 3.05) is 99.2 Å². The van der Waals surface area contributed by atoms with Crippen LogP contribution in [0.2, 0.25) is 308 Å². The van der Waals surface area contributed by atoms with E-state index in [1.807, 2.05) is 0 Å². The second-order valence-electron chi connectivity index (χ2n) is 45.5. The van der Waals surface area contributed by atoms with Gasteiger partial charge in [-0.05, 0) is 388 Å². The predicted molar refractivity (Wildman–Crippen MR) is 571 cm³/mol. The zero-order valence-corrected chi connectivity index (χ0v) is 104. The number of halogens is 1. The van der Waals surface area contributed by atoms with Crippen LogP contribution in [0.5, 0.6) is 0 Å². The third-order valence-corrected chi connectivity index (χ3v) is 76.0. The minimum atomic E-state index is -1.69. The molecule has 0 aliphatic rings. The van der Waals surface area contributed by atoms with Crippen LogP contribution in [-0.2, 0) is 52.0 Å². The number of aliphatic hydroxyl groups excluding tert-OH is 2. The number of hydrogen-bond acceptors (Lipinski definition) is 16. The van der Waals surface area contributed by atoms with Crippen LogP contribution in [0, 0.1) is 7.43 Å². The number of esters is 2. The summed E-state index contributed by atoms with van der Waals surface area (Å²) in [4.78, 5) is 27.4. The second kappa shape index (κ2) is 60.7. The molecule has 0 aliphatic heterocycles. The van der Waals surface area contributed by atoms with Crippen LogP contribution >= 0.6 is 15.9 Å². The van der Waals surface area contributed by atoms with E-state index in [4.69, 9.17) is 52.6 Å². The van der Waals surface area contributed by atoms with Crippen LogP contribution in [-0.4, -0.2) is 269 Å². The Balaban J connectivity index is -0.000000273. The first-order valence-corrected chi connectivity index (χ1v) is 97.0. The molecule has 34 heteroatoms. The minimum absolute atomic E-state index is 0. The van der Waals surface area contributed by atoms with Gasteiger partial charge in [0.15, 0.2) is 133 Å². The zero-order chi connectivity index (χ0) is 92.4. The summed E-state index contributed by atoms with van der Waals surface area (Å²) in [6, 6.07) is 14.7. The van der Waals surface area contributed by atoms with Gasteiger partial charge in [0, 0.05) is 36.2 Å². The third kappa shape index (κ3) is 88.5. The van der Waals surface area contributed by atoms with Crippen molar-refractivity contribution in [3.05, 3.63) is 31.7 Å². The van der Waals surface area contributed by atoms with Crippen molar-refractivity contribution in [1.29, 1.82) is 0 Å². The minimum Gasteiger partial charge on any atom is -0.461 e.